The van der Waals surface area contributed by atoms with Gasteiger partial charge in [-0.1, -0.05) is 49.8 Å². The van der Waals surface area contributed by atoms with Crippen LogP contribution >= 0.6 is 0 Å². The first kappa shape index (κ1) is 17.3. The Morgan fingerprint density at radius 2 is 1.86 bits per heavy atom. The number of carbonyl (C=O) groups excluding carboxylic acids is 1. The molecule has 0 radical (unpaired) electrons. The zero-order chi connectivity index (χ0) is 16.4. The van der Waals surface area contributed by atoms with Gasteiger partial charge in [0.1, 0.15) is 0 Å². The minimum atomic E-state index is -0.0320. The molecule has 3 nitrogen and oxygen atoms in total. The van der Waals surface area contributed by atoms with E-state index in [0.717, 1.165) is 17.0 Å². The van der Waals surface area contributed by atoms with Gasteiger partial charge in [-0.3, -0.25) is 4.79 Å². The third kappa shape index (κ3) is 5.72. The summed E-state index contributed by atoms with van der Waals surface area (Å²) >= 11 is 0. The van der Waals surface area contributed by atoms with Crippen LogP contribution in [0.4, 0.5) is 5.69 Å². The van der Waals surface area contributed by atoms with E-state index < -0.39 is 0 Å². The van der Waals surface area contributed by atoms with Crippen LogP contribution in [-0.2, 0) is 4.79 Å². The van der Waals surface area contributed by atoms with E-state index in [-0.39, 0.29) is 5.91 Å². The number of amides is 1. The number of hydrogen-bond acceptors (Lipinski definition) is 2. The van der Waals surface area contributed by atoms with Gasteiger partial charge >= 0.3 is 0 Å². The second-order valence-electron chi connectivity index (χ2n) is 4.53. The first-order chi connectivity index (χ1) is 10.6. The van der Waals surface area contributed by atoms with Crippen molar-refractivity contribution in [2.24, 2.45) is 0 Å². The second kappa shape index (κ2) is 9.25. The highest BCUT2D eigenvalue weighted by Gasteiger charge is 2.04. The Labute approximate surface area is 132 Å². The lowest BCUT2D eigenvalue weighted by molar-refractivity contribution is -0.120. The molecule has 0 atom stereocenters. The topological polar surface area (TPSA) is 41.1 Å². The molecular weight excluding hydrogens is 272 g/mol. The predicted octanol–water partition coefficient (Wildman–Crippen LogP) is 3.99. The Hall–Kier alpha value is -2.73. The highest BCUT2D eigenvalue weighted by atomic mass is 16.1. The second-order valence-corrected chi connectivity index (χ2v) is 4.53. The van der Waals surface area contributed by atoms with Crippen LogP contribution in [0, 0.1) is 11.8 Å². The number of allylic oxidation sites excluding steroid dienone is 4. The Morgan fingerprint density at radius 1 is 1.18 bits per heavy atom. The van der Waals surface area contributed by atoms with Crippen molar-refractivity contribution in [1.29, 1.82) is 0 Å². The van der Waals surface area contributed by atoms with E-state index in [9.17, 15) is 4.79 Å². The molecule has 3 heteroatoms. The summed E-state index contributed by atoms with van der Waals surface area (Å²) in [5.74, 6) is 5.98. The normalized spacial score (nSPS) is 11.2. The third-order valence-electron chi connectivity index (χ3n) is 2.88. The lowest BCUT2D eigenvalue weighted by Crippen LogP contribution is -2.22. The quantitative estimate of drug-likeness (QED) is 0.637. The van der Waals surface area contributed by atoms with Crippen molar-refractivity contribution < 1.29 is 4.79 Å². The van der Waals surface area contributed by atoms with Gasteiger partial charge in [-0.15, -0.1) is 0 Å². The molecule has 2 N–H and O–H groups in total. The Kier molecular flexibility index (Phi) is 7.28. The van der Waals surface area contributed by atoms with Gasteiger partial charge in [-0.25, -0.2) is 0 Å². The summed E-state index contributed by atoms with van der Waals surface area (Å²) in [4.78, 5) is 11.5. The molecule has 1 rings (SSSR count). The number of carbonyl (C=O) groups is 1. The molecule has 0 bridgehead atoms. The molecule has 0 heterocycles. The van der Waals surface area contributed by atoms with E-state index in [1.165, 1.54) is 0 Å². The molecular formula is C19H22N2O. The van der Waals surface area contributed by atoms with Crippen molar-refractivity contribution in [1.82, 2.24) is 5.32 Å². The highest BCUT2D eigenvalue weighted by molar-refractivity contribution is 5.79. The van der Waals surface area contributed by atoms with Gasteiger partial charge in [0.15, 0.2) is 0 Å². The first-order valence-corrected chi connectivity index (χ1v) is 7.26. The average Bonchev–Trinajstić information content (AvgIpc) is 2.54. The van der Waals surface area contributed by atoms with E-state index in [4.69, 9.17) is 0 Å². The molecule has 22 heavy (non-hydrogen) atoms. The Balaban J connectivity index is 2.78. The molecule has 0 saturated heterocycles. The lowest BCUT2D eigenvalue weighted by Gasteiger charge is -2.08. The molecule has 1 aromatic rings. The molecule has 0 saturated carbocycles. The fourth-order valence-electron chi connectivity index (χ4n) is 1.70. The smallest absolute Gasteiger partial charge is 0.224 e. The zero-order valence-electron chi connectivity index (χ0n) is 13.4. The molecule has 0 aromatic heterocycles. The van der Waals surface area contributed by atoms with Gasteiger partial charge in [0.25, 0.3) is 0 Å². The average molecular weight is 294 g/mol. The van der Waals surface area contributed by atoms with Gasteiger partial charge in [-0.05, 0) is 31.9 Å². The van der Waals surface area contributed by atoms with Crippen LogP contribution in [0.3, 0.4) is 0 Å². The van der Waals surface area contributed by atoms with Crippen molar-refractivity contribution in [3.8, 4) is 11.8 Å². The summed E-state index contributed by atoms with van der Waals surface area (Å²) in [5, 5.41) is 5.97. The molecule has 0 aliphatic rings. The van der Waals surface area contributed by atoms with Crippen molar-refractivity contribution in [2.45, 2.75) is 27.2 Å². The van der Waals surface area contributed by atoms with Crippen LogP contribution in [0.1, 0.15) is 27.2 Å². The third-order valence-corrected chi connectivity index (χ3v) is 2.88. The molecule has 1 amide bonds. The molecule has 0 fully saturated rings. The van der Waals surface area contributed by atoms with Crippen LogP contribution in [0.5, 0.6) is 0 Å². The zero-order valence-corrected chi connectivity index (χ0v) is 13.4. The Bertz CT molecular complexity index is 643. The van der Waals surface area contributed by atoms with Crippen LogP contribution in [0.2, 0.25) is 0 Å². The maximum atomic E-state index is 11.5. The standard InChI is InChI=1S/C19H22N2O/c1-5-16(18(6-2)21-19(22)7-3)14-13-15(4)20-17-11-9-8-10-12-17/h5-6,8-12,20H,4,7H2,1-3H3,(H,21,22)/b16-5-,18-6+. The SMILES string of the molecule is C=C(C#CC(=C/C)/C(=C\C)NC(=O)CC)Nc1ccccc1. The summed E-state index contributed by atoms with van der Waals surface area (Å²) in [6, 6.07) is 9.73. The number of benzene rings is 1. The molecule has 114 valence electrons. The Morgan fingerprint density at radius 3 is 2.41 bits per heavy atom. The minimum Gasteiger partial charge on any atom is -0.349 e. The van der Waals surface area contributed by atoms with Crippen molar-refractivity contribution in [3.05, 3.63) is 66.0 Å². The molecule has 0 spiro atoms. The van der Waals surface area contributed by atoms with Crippen molar-refractivity contribution in [3.63, 3.8) is 0 Å². The lowest BCUT2D eigenvalue weighted by atomic mass is 10.1. The van der Waals surface area contributed by atoms with Crippen LogP contribution < -0.4 is 10.6 Å². The van der Waals surface area contributed by atoms with Gasteiger partial charge in [0, 0.05) is 17.7 Å². The van der Waals surface area contributed by atoms with Crippen molar-refractivity contribution >= 4 is 11.6 Å². The summed E-state index contributed by atoms with van der Waals surface area (Å²) < 4.78 is 0. The summed E-state index contributed by atoms with van der Waals surface area (Å²) in [7, 11) is 0. The van der Waals surface area contributed by atoms with Gasteiger partial charge < -0.3 is 10.6 Å². The van der Waals surface area contributed by atoms with Crippen LogP contribution in [-0.4, -0.2) is 5.91 Å². The number of hydrogen-bond donors (Lipinski definition) is 2. The summed E-state index contributed by atoms with van der Waals surface area (Å²) in [6.07, 6.45) is 4.14. The maximum Gasteiger partial charge on any atom is 0.224 e. The van der Waals surface area contributed by atoms with Crippen molar-refractivity contribution in [2.75, 3.05) is 5.32 Å². The van der Waals surface area contributed by atoms with E-state index in [0.29, 0.717) is 12.1 Å². The maximum absolute atomic E-state index is 11.5. The van der Waals surface area contributed by atoms with Gasteiger partial charge in [-0.2, -0.15) is 0 Å². The van der Waals surface area contributed by atoms with Crippen LogP contribution in [0.15, 0.2) is 66.0 Å². The number of para-hydroxylation sites is 1. The number of rotatable bonds is 5. The fraction of sp³-hybridized carbons (Fsp3) is 0.211. The molecule has 0 aliphatic heterocycles. The van der Waals surface area contributed by atoms with Gasteiger partial charge in [0.2, 0.25) is 5.91 Å². The first-order valence-electron chi connectivity index (χ1n) is 7.26. The van der Waals surface area contributed by atoms with Crippen LogP contribution in [0.25, 0.3) is 0 Å². The highest BCUT2D eigenvalue weighted by Crippen LogP contribution is 2.09. The number of nitrogens with one attached hydrogen (secondary N) is 2. The molecule has 0 unspecified atom stereocenters. The predicted molar refractivity (Wildman–Crippen MR) is 92.9 cm³/mol. The van der Waals surface area contributed by atoms with E-state index in [2.05, 4.69) is 29.1 Å². The minimum absolute atomic E-state index is 0.0320. The monoisotopic (exact) mass is 294 g/mol. The molecule has 0 aliphatic carbocycles. The number of anilines is 1. The summed E-state index contributed by atoms with van der Waals surface area (Å²) in [5.41, 5.74) is 3.02. The van der Waals surface area contributed by atoms with E-state index in [1.54, 1.807) is 0 Å². The van der Waals surface area contributed by atoms with E-state index in [1.807, 2.05) is 63.3 Å². The van der Waals surface area contributed by atoms with Gasteiger partial charge in [0.05, 0.1) is 11.4 Å². The summed E-state index contributed by atoms with van der Waals surface area (Å²) in [6.45, 7) is 9.47. The van der Waals surface area contributed by atoms with E-state index >= 15 is 0 Å². The molecule has 1 aromatic carbocycles. The largest absolute Gasteiger partial charge is 0.349 e. The fourth-order valence-corrected chi connectivity index (χ4v) is 1.70.